The first-order valence-corrected chi connectivity index (χ1v) is 8.67. The van der Waals surface area contributed by atoms with Gasteiger partial charge in [-0.15, -0.1) is 11.3 Å². The van der Waals surface area contributed by atoms with Crippen LogP contribution in [-0.2, 0) is 6.54 Å². The minimum absolute atomic E-state index is 0.384. The molecule has 0 aliphatic rings. The number of quaternary nitrogens is 1. The SMILES string of the molecule is C[C@@H](c1nc2ccccc2s1)[NH+](C)Cc1ccccc1Br. The number of nitrogens with zero attached hydrogens (tertiary/aromatic N) is 1. The van der Waals surface area contributed by atoms with E-state index in [2.05, 4.69) is 72.4 Å². The zero-order valence-corrected chi connectivity index (χ0v) is 14.5. The Bertz CT molecular complexity index is 720. The maximum atomic E-state index is 4.78. The molecule has 1 heterocycles. The van der Waals surface area contributed by atoms with Crippen LogP contribution in [0.2, 0.25) is 0 Å². The van der Waals surface area contributed by atoms with Gasteiger partial charge in [-0.1, -0.05) is 46.3 Å². The van der Waals surface area contributed by atoms with Gasteiger partial charge in [-0.25, -0.2) is 4.98 Å². The van der Waals surface area contributed by atoms with E-state index in [4.69, 9.17) is 4.98 Å². The Hall–Kier alpha value is -1.23. The second-order valence-electron chi connectivity index (χ2n) is 5.36. The molecule has 2 atom stereocenters. The fraction of sp³-hybridized carbons (Fsp3) is 0.235. The molecule has 0 aliphatic heterocycles. The third-order valence-corrected chi connectivity index (χ3v) is 5.84. The van der Waals surface area contributed by atoms with Gasteiger partial charge in [0.15, 0.2) is 5.01 Å². The van der Waals surface area contributed by atoms with Gasteiger partial charge < -0.3 is 4.90 Å². The maximum absolute atomic E-state index is 4.78. The summed E-state index contributed by atoms with van der Waals surface area (Å²) in [5.74, 6) is 0. The number of hydrogen-bond donors (Lipinski definition) is 1. The molecule has 0 aliphatic carbocycles. The van der Waals surface area contributed by atoms with Crippen LogP contribution >= 0.6 is 27.3 Å². The molecule has 4 heteroatoms. The van der Waals surface area contributed by atoms with Gasteiger partial charge >= 0.3 is 0 Å². The van der Waals surface area contributed by atoms with Crippen molar-refractivity contribution in [2.75, 3.05) is 7.05 Å². The van der Waals surface area contributed by atoms with Crippen molar-refractivity contribution in [3.63, 3.8) is 0 Å². The molecule has 2 nitrogen and oxygen atoms in total. The van der Waals surface area contributed by atoms with Gasteiger partial charge in [0, 0.05) is 10.0 Å². The first-order chi connectivity index (χ1) is 10.1. The molecule has 0 fully saturated rings. The molecule has 108 valence electrons. The summed E-state index contributed by atoms with van der Waals surface area (Å²) in [6.07, 6.45) is 0. The molecule has 0 amide bonds. The average Bonchev–Trinajstić information content (AvgIpc) is 2.92. The van der Waals surface area contributed by atoms with E-state index in [1.807, 2.05) is 6.07 Å². The summed E-state index contributed by atoms with van der Waals surface area (Å²) in [6, 6.07) is 17.2. The highest BCUT2D eigenvalue weighted by Crippen LogP contribution is 2.25. The van der Waals surface area contributed by atoms with E-state index in [1.165, 1.54) is 24.6 Å². The fourth-order valence-corrected chi connectivity index (χ4v) is 3.92. The van der Waals surface area contributed by atoms with Gasteiger partial charge in [-0.2, -0.15) is 0 Å². The van der Waals surface area contributed by atoms with E-state index in [0.717, 1.165) is 12.1 Å². The van der Waals surface area contributed by atoms with E-state index in [1.54, 1.807) is 11.3 Å². The van der Waals surface area contributed by atoms with Crippen molar-refractivity contribution < 1.29 is 4.90 Å². The van der Waals surface area contributed by atoms with Crippen molar-refractivity contribution >= 4 is 37.5 Å². The molecule has 21 heavy (non-hydrogen) atoms. The summed E-state index contributed by atoms with van der Waals surface area (Å²) in [5, 5.41) is 1.21. The summed E-state index contributed by atoms with van der Waals surface area (Å²) in [4.78, 5) is 6.23. The lowest BCUT2D eigenvalue weighted by atomic mass is 10.2. The number of fused-ring (bicyclic) bond motifs is 1. The molecular formula is C17H18BrN2S+. The Labute approximate surface area is 137 Å². The van der Waals surface area contributed by atoms with Crippen LogP contribution in [0.1, 0.15) is 23.5 Å². The zero-order valence-electron chi connectivity index (χ0n) is 12.1. The number of para-hydroxylation sites is 1. The number of rotatable bonds is 4. The Kier molecular flexibility index (Phi) is 4.38. The van der Waals surface area contributed by atoms with E-state index in [-0.39, 0.29) is 0 Å². The number of thiazole rings is 1. The Morgan fingerprint density at radius 1 is 1.14 bits per heavy atom. The molecule has 3 aromatic rings. The largest absolute Gasteiger partial charge is 0.326 e. The number of aromatic nitrogens is 1. The highest BCUT2D eigenvalue weighted by molar-refractivity contribution is 9.10. The standard InChI is InChI=1S/C17H17BrN2S/c1-12(17-19-15-9-5-6-10-16(15)21-17)20(2)11-13-7-3-4-8-14(13)18/h3-10,12H,11H2,1-2H3/p+1/t12-/m0/s1. The molecule has 0 radical (unpaired) electrons. The van der Waals surface area contributed by atoms with E-state index in [9.17, 15) is 0 Å². The van der Waals surface area contributed by atoms with E-state index in [0.29, 0.717) is 6.04 Å². The minimum atomic E-state index is 0.384. The molecule has 1 unspecified atom stereocenters. The second kappa shape index (κ2) is 6.26. The first-order valence-electron chi connectivity index (χ1n) is 7.06. The van der Waals surface area contributed by atoms with Crippen molar-refractivity contribution in [2.24, 2.45) is 0 Å². The van der Waals surface area contributed by atoms with Gasteiger partial charge in [0.2, 0.25) is 0 Å². The topological polar surface area (TPSA) is 17.3 Å². The van der Waals surface area contributed by atoms with Crippen LogP contribution in [0.3, 0.4) is 0 Å². The monoisotopic (exact) mass is 361 g/mol. The third kappa shape index (κ3) is 3.18. The Morgan fingerprint density at radius 3 is 2.62 bits per heavy atom. The van der Waals surface area contributed by atoms with Crippen LogP contribution in [0.5, 0.6) is 0 Å². The van der Waals surface area contributed by atoms with E-state index >= 15 is 0 Å². The molecular weight excluding hydrogens is 344 g/mol. The lowest BCUT2D eigenvalue weighted by Crippen LogP contribution is -3.07. The van der Waals surface area contributed by atoms with Gasteiger partial charge in [0.1, 0.15) is 12.6 Å². The molecule has 0 bridgehead atoms. The highest BCUT2D eigenvalue weighted by atomic mass is 79.9. The van der Waals surface area contributed by atoms with Gasteiger partial charge in [0.25, 0.3) is 0 Å². The predicted molar refractivity (Wildman–Crippen MR) is 92.8 cm³/mol. The van der Waals surface area contributed by atoms with Crippen molar-refractivity contribution in [2.45, 2.75) is 19.5 Å². The summed E-state index contributed by atoms with van der Waals surface area (Å²) >= 11 is 5.44. The third-order valence-electron chi connectivity index (χ3n) is 3.85. The molecule has 1 N–H and O–H groups in total. The summed E-state index contributed by atoms with van der Waals surface area (Å²) in [6.45, 7) is 3.24. The van der Waals surface area contributed by atoms with Crippen LogP contribution in [0.25, 0.3) is 10.2 Å². The van der Waals surface area contributed by atoms with Gasteiger partial charge in [-0.05, 0) is 25.1 Å². The van der Waals surface area contributed by atoms with Crippen LogP contribution in [0.4, 0.5) is 0 Å². The Morgan fingerprint density at radius 2 is 1.86 bits per heavy atom. The maximum Gasteiger partial charge on any atom is 0.151 e. The number of halogens is 1. The smallest absolute Gasteiger partial charge is 0.151 e. The van der Waals surface area contributed by atoms with Crippen LogP contribution in [0.15, 0.2) is 53.0 Å². The second-order valence-corrected chi connectivity index (χ2v) is 7.27. The molecule has 0 saturated heterocycles. The van der Waals surface area contributed by atoms with Crippen molar-refractivity contribution in [1.29, 1.82) is 0 Å². The molecule has 1 aromatic heterocycles. The minimum Gasteiger partial charge on any atom is -0.326 e. The average molecular weight is 362 g/mol. The van der Waals surface area contributed by atoms with Crippen LogP contribution in [0, 0.1) is 0 Å². The number of hydrogen-bond acceptors (Lipinski definition) is 2. The quantitative estimate of drug-likeness (QED) is 0.747. The summed E-state index contributed by atoms with van der Waals surface area (Å²) < 4.78 is 2.45. The summed E-state index contributed by atoms with van der Waals surface area (Å²) in [7, 11) is 2.23. The fourth-order valence-electron chi connectivity index (χ4n) is 2.38. The van der Waals surface area contributed by atoms with Crippen molar-refractivity contribution in [1.82, 2.24) is 4.98 Å². The first kappa shape index (κ1) is 14.7. The lowest BCUT2D eigenvalue weighted by Gasteiger charge is -2.20. The predicted octanol–water partition coefficient (Wildman–Crippen LogP) is 3.83. The lowest BCUT2D eigenvalue weighted by molar-refractivity contribution is -0.924. The molecule has 0 saturated carbocycles. The van der Waals surface area contributed by atoms with Crippen LogP contribution in [-0.4, -0.2) is 12.0 Å². The Balaban J connectivity index is 1.80. The zero-order chi connectivity index (χ0) is 14.8. The molecule has 0 spiro atoms. The van der Waals surface area contributed by atoms with Crippen LogP contribution < -0.4 is 4.90 Å². The molecule has 3 rings (SSSR count). The van der Waals surface area contributed by atoms with Gasteiger partial charge in [-0.3, -0.25) is 0 Å². The number of benzene rings is 2. The number of nitrogens with one attached hydrogen (secondary N) is 1. The van der Waals surface area contributed by atoms with Crippen molar-refractivity contribution in [3.05, 3.63) is 63.6 Å². The highest BCUT2D eigenvalue weighted by Gasteiger charge is 2.20. The van der Waals surface area contributed by atoms with Gasteiger partial charge in [0.05, 0.1) is 17.3 Å². The van der Waals surface area contributed by atoms with E-state index < -0.39 is 0 Å². The normalized spacial score (nSPS) is 14.2. The molecule has 2 aromatic carbocycles. The summed E-state index contributed by atoms with van der Waals surface area (Å²) in [5.41, 5.74) is 2.45. The van der Waals surface area contributed by atoms with Crippen molar-refractivity contribution in [3.8, 4) is 0 Å².